The minimum absolute atomic E-state index is 0.355. The van der Waals surface area contributed by atoms with Crippen molar-refractivity contribution in [3.63, 3.8) is 0 Å². The van der Waals surface area contributed by atoms with E-state index in [1.54, 1.807) is 6.92 Å². The lowest BCUT2D eigenvalue weighted by atomic mass is 10.2. The van der Waals surface area contributed by atoms with Gasteiger partial charge in [-0.15, -0.1) is 11.8 Å². The fourth-order valence-corrected chi connectivity index (χ4v) is 2.87. The van der Waals surface area contributed by atoms with Gasteiger partial charge in [-0.05, 0) is 24.6 Å². The molecule has 26 heavy (non-hydrogen) atoms. The minimum atomic E-state index is -1.67. The second kappa shape index (κ2) is 9.28. The Morgan fingerprint density at radius 3 is 2.42 bits per heavy atom. The number of halogens is 3. The first-order valence-corrected chi connectivity index (χ1v) is 8.80. The van der Waals surface area contributed by atoms with Crippen LogP contribution in [-0.2, 0) is 15.3 Å². The van der Waals surface area contributed by atoms with Crippen molar-refractivity contribution >= 4 is 29.3 Å². The van der Waals surface area contributed by atoms with Gasteiger partial charge in [0.2, 0.25) is 11.8 Å². The molecule has 0 bridgehead atoms. The van der Waals surface area contributed by atoms with E-state index < -0.39 is 40.8 Å². The number of carbonyl (C=O) groups is 2. The van der Waals surface area contributed by atoms with Crippen molar-refractivity contribution in [2.45, 2.75) is 17.9 Å². The van der Waals surface area contributed by atoms with Crippen LogP contribution in [0.2, 0.25) is 0 Å². The molecule has 1 unspecified atom stereocenters. The summed E-state index contributed by atoms with van der Waals surface area (Å²) in [5, 5.41) is 4.11. The van der Waals surface area contributed by atoms with E-state index in [1.807, 2.05) is 30.3 Å². The molecule has 0 aliphatic carbocycles. The number of amides is 2. The largest absolute Gasteiger partial charge is 0.346 e. The molecule has 138 valence electrons. The van der Waals surface area contributed by atoms with Crippen LogP contribution in [0, 0.1) is 17.5 Å². The average Bonchev–Trinajstić information content (AvgIpc) is 2.65. The second-order valence-electron chi connectivity index (χ2n) is 5.43. The summed E-state index contributed by atoms with van der Waals surface area (Å²) in [6, 6.07) is 11.2. The monoisotopic (exact) mass is 382 g/mol. The molecular formula is C18H17F3N2O2S. The van der Waals surface area contributed by atoms with Gasteiger partial charge in [0.25, 0.3) is 0 Å². The highest BCUT2D eigenvalue weighted by Gasteiger charge is 2.17. The van der Waals surface area contributed by atoms with E-state index in [2.05, 4.69) is 10.6 Å². The standard InChI is InChI=1S/C18H17F3N2O2S/c1-11(26-10-12-5-3-2-4-6-12)18(25)22-9-15(24)23-14-8-7-13(19)16(20)17(14)21/h2-8,11H,9-10H2,1H3,(H,22,25)(H,23,24). The normalized spacial score (nSPS) is 11.7. The van der Waals surface area contributed by atoms with Crippen molar-refractivity contribution in [2.75, 3.05) is 11.9 Å². The van der Waals surface area contributed by atoms with E-state index in [1.165, 1.54) is 11.8 Å². The number of carbonyl (C=O) groups excluding carboxylic acids is 2. The smallest absolute Gasteiger partial charge is 0.243 e. The van der Waals surface area contributed by atoms with Crippen LogP contribution >= 0.6 is 11.8 Å². The van der Waals surface area contributed by atoms with Crippen LogP contribution < -0.4 is 10.6 Å². The minimum Gasteiger partial charge on any atom is -0.346 e. The van der Waals surface area contributed by atoms with E-state index >= 15 is 0 Å². The lowest BCUT2D eigenvalue weighted by Crippen LogP contribution is -2.37. The molecule has 8 heteroatoms. The van der Waals surface area contributed by atoms with Gasteiger partial charge in [0.15, 0.2) is 17.5 Å². The Balaban J connectivity index is 1.79. The Labute approximate surface area is 153 Å². The van der Waals surface area contributed by atoms with Crippen molar-refractivity contribution in [3.8, 4) is 0 Å². The van der Waals surface area contributed by atoms with Crippen molar-refractivity contribution in [2.24, 2.45) is 0 Å². The summed E-state index contributed by atoms with van der Waals surface area (Å²) in [6.45, 7) is 1.30. The average molecular weight is 382 g/mol. The summed E-state index contributed by atoms with van der Waals surface area (Å²) in [7, 11) is 0. The van der Waals surface area contributed by atoms with Gasteiger partial charge in [0.05, 0.1) is 17.5 Å². The van der Waals surface area contributed by atoms with Crippen LogP contribution in [0.25, 0.3) is 0 Å². The van der Waals surface area contributed by atoms with Gasteiger partial charge in [-0.2, -0.15) is 0 Å². The molecule has 2 aromatic carbocycles. The SMILES string of the molecule is CC(SCc1ccccc1)C(=O)NCC(=O)Nc1ccc(F)c(F)c1F. The molecule has 0 aromatic heterocycles. The maximum atomic E-state index is 13.5. The summed E-state index contributed by atoms with van der Waals surface area (Å²) in [4.78, 5) is 23.7. The van der Waals surface area contributed by atoms with E-state index in [9.17, 15) is 22.8 Å². The Kier molecular flexibility index (Phi) is 7.08. The van der Waals surface area contributed by atoms with E-state index in [0.29, 0.717) is 11.8 Å². The van der Waals surface area contributed by atoms with E-state index in [0.717, 1.165) is 11.6 Å². The lowest BCUT2D eigenvalue weighted by Gasteiger charge is -2.12. The first kappa shape index (κ1) is 19.8. The molecule has 0 heterocycles. The molecule has 4 nitrogen and oxygen atoms in total. The lowest BCUT2D eigenvalue weighted by molar-refractivity contribution is -0.123. The first-order chi connectivity index (χ1) is 12.4. The summed E-state index contributed by atoms with van der Waals surface area (Å²) in [6.07, 6.45) is 0. The number of anilines is 1. The van der Waals surface area contributed by atoms with E-state index in [-0.39, 0.29) is 5.91 Å². The third-order valence-corrected chi connectivity index (χ3v) is 4.66. The van der Waals surface area contributed by atoms with Gasteiger partial charge in [-0.1, -0.05) is 30.3 Å². The van der Waals surface area contributed by atoms with Crippen LogP contribution in [0.3, 0.4) is 0 Å². The molecular weight excluding hydrogens is 365 g/mol. The summed E-state index contributed by atoms with van der Waals surface area (Å²) in [5.41, 5.74) is 0.582. The number of nitrogens with one attached hydrogen (secondary N) is 2. The van der Waals surface area contributed by atoms with Crippen molar-refractivity contribution < 1.29 is 22.8 Å². The summed E-state index contributed by atoms with van der Waals surface area (Å²) < 4.78 is 39.5. The fourth-order valence-electron chi connectivity index (χ4n) is 2.00. The van der Waals surface area contributed by atoms with Crippen molar-refractivity contribution in [1.29, 1.82) is 0 Å². The molecule has 0 aliphatic heterocycles. The maximum Gasteiger partial charge on any atom is 0.243 e. The summed E-state index contributed by atoms with van der Waals surface area (Å²) in [5.74, 6) is -4.97. The quantitative estimate of drug-likeness (QED) is 0.721. The number of thioether (sulfide) groups is 1. The Hall–Kier alpha value is -2.48. The molecule has 0 radical (unpaired) electrons. The molecule has 1 atom stereocenters. The maximum absolute atomic E-state index is 13.5. The number of rotatable bonds is 7. The third-order valence-electron chi connectivity index (χ3n) is 3.44. The van der Waals surface area contributed by atoms with Gasteiger partial charge >= 0.3 is 0 Å². The van der Waals surface area contributed by atoms with Crippen molar-refractivity contribution in [3.05, 3.63) is 65.5 Å². The molecule has 2 amide bonds. The van der Waals surface area contributed by atoms with E-state index in [4.69, 9.17) is 0 Å². The Morgan fingerprint density at radius 2 is 1.73 bits per heavy atom. The first-order valence-electron chi connectivity index (χ1n) is 7.75. The second-order valence-corrected chi connectivity index (χ2v) is 6.76. The number of benzene rings is 2. The molecule has 0 fully saturated rings. The highest BCUT2D eigenvalue weighted by Crippen LogP contribution is 2.20. The molecule has 2 aromatic rings. The van der Waals surface area contributed by atoms with Gasteiger partial charge < -0.3 is 10.6 Å². The van der Waals surface area contributed by atoms with Gasteiger partial charge in [-0.3, -0.25) is 9.59 Å². The van der Waals surface area contributed by atoms with Crippen molar-refractivity contribution in [1.82, 2.24) is 5.32 Å². The van der Waals surface area contributed by atoms with Crippen LogP contribution in [-0.4, -0.2) is 23.6 Å². The number of hydrogen-bond donors (Lipinski definition) is 2. The molecule has 2 N–H and O–H groups in total. The fraction of sp³-hybridized carbons (Fsp3) is 0.222. The molecule has 0 saturated carbocycles. The summed E-state index contributed by atoms with van der Waals surface area (Å²) >= 11 is 1.40. The molecule has 0 saturated heterocycles. The van der Waals surface area contributed by atoms with Gasteiger partial charge in [0.1, 0.15) is 0 Å². The Bertz CT molecular complexity index is 788. The van der Waals surface area contributed by atoms with Gasteiger partial charge in [-0.25, -0.2) is 13.2 Å². The highest BCUT2D eigenvalue weighted by molar-refractivity contribution is 7.99. The van der Waals surface area contributed by atoms with Crippen LogP contribution in [0.5, 0.6) is 0 Å². The number of hydrogen-bond acceptors (Lipinski definition) is 3. The van der Waals surface area contributed by atoms with Crippen LogP contribution in [0.4, 0.5) is 18.9 Å². The molecule has 2 rings (SSSR count). The predicted molar refractivity (Wildman–Crippen MR) is 95.2 cm³/mol. The Morgan fingerprint density at radius 1 is 1.04 bits per heavy atom. The van der Waals surface area contributed by atoms with Gasteiger partial charge in [0, 0.05) is 5.75 Å². The zero-order valence-electron chi connectivity index (χ0n) is 13.9. The topological polar surface area (TPSA) is 58.2 Å². The zero-order valence-corrected chi connectivity index (χ0v) is 14.7. The highest BCUT2D eigenvalue weighted by atomic mass is 32.2. The van der Waals surface area contributed by atoms with Crippen LogP contribution in [0.1, 0.15) is 12.5 Å². The third kappa shape index (κ3) is 5.52. The predicted octanol–water partition coefficient (Wildman–Crippen LogP) is 3.48. The van der Waals surface area contributed by atoms with Crippen LogP contribution in [0.15, 0.2) is 42.5 Å². The molecule has 0 aliphatic rings. The molecule has 0 spiro atoms. The zero-order chi connectivity index (χ0) is 19.1.